The fourth-order valence-corrected chi connectivity index (χ4v) is 3.74. The van der Waals surface area contributed by atoms with Crippen LogP contribution < -0.4 is 16.2 Å². The zero-order valence-electron chi connectivity index (χ0n) is 16.3. The zero-order chi connectivity index (χ0) is 20.3. The minimum atomic E-state index is -0.245. The number of amides is 1. The monoisotopic (exact) mass is 402 g/mol. The fourth-order valence-electron chi connectivity index (χ4n) is 3.74. The number of carbonyl (C=O) groups is 1. The number of oxazole rings is 1. The van der Waals surface area contributed by atoms with E-state index in [1.807, 2.05) is 47.0 Å². The summed E-state index contributed by atoms with van der Waals surface area (Å²) in [6.07, 6.45) is 4.04. The van der Waals surface area contributed by atoms with Gasteiger partial charge in [0.1, 0.15) is 12.8 Å². The lowest BCUT2D eigenvalue weighted by atomic mass is 10.0. The Bertz CT molecular complexity index is 1150. The Morgan fingerprint density at radius 3 is 2.87 bits per heavy atom. The lowest BCUT2D eigenvalue weighted by Gasteiger charge is -2.10. The van der Waals surface area contributed by atoms with E-state index in [1.165, 1.54) is 11.8 Å². The minimum absolute atomic E-state index is 0.142. The summed E-state index contributed by atoms with van der Waals surface area (Å²) in [6, 6.07) is 18.5. The third-order valence-electron chi connectivity index (χ3n) is 5.31. The first-order chi connectivity index (χ1) is 14.8. The highest BCUT2D eigenvalue weighted by molar-refractivity contribution is 5.91. The topological polar surface area (TPSA) is 97.0 Å². The van der Waals surface area contributed by atoms with Crippen molar-refractivity contribution < 1.29 is 9.21 Å². The van der Waals surface area contributed by atoms with Crippen LogP contribution in [0.4, 0.5) is 0 Å². The molecule has 1 amide bonds. The van der Waals surface area contributed by atoms with Gasteiger partial charge in [0, 0.05) is 18.6 Å². The van der Waals surface area contributed by atoms with Crippen LogP contribution in [-0.4, -0.2) is 33.0 Å². The highest BCUT2D eigenvalue weighted by Gasteiger charge is 2.25. The summed E-state index contributed by atoms with van der Waals surface area (Å²) in [6.45, 7) is 0.921. The number of aromatic nitrogens is 3. The van der Waals surface area contributed by atoms with Gasteiger partial charge < -0.3 is 14.3 Å². The van der Waals surface area contributed by atoms with Crippen LogP contribution in [0.2, 0.25) is 0 Å². The van der Waals surface area contributed by atoms with Gasteiger partial charge in [-0.3, -0.25) is 10.2 Å². The van der Waals surface area contributed by atoms with E-state index in [2.05, 4.69) is 38.3 Å². The summed E-state index contributed by atoms with van der Waals surface area (Å²) in [5.41, 5.74) is 9.94. The second-order valence-corrected chi connectivity index (χ2v) is 7.38. The molecular formula is C22H22N6O2. The van der Waals surface area contributed by atoms with Gasteiger partial charge in [-0.05, 0) is 24.1 Å². The maximum atomic E-state index is 12.5. The third-order valence-corrected chi connectivity index (χ3v) is 5.31. The Hall–Kier alpha value is -3.49. The van der Waals surface area contributed by atoms with Crippen LogP contribution in [0.5, 0.6) is 0 Å². The largest absolute Gasteiger partial charge is 0.446 e. The average Bonchev–Trinajstić information content (AvgIpc) is 3.54. The van der Waals surface area contributed by atoms with Crippen molar-refractivity contribution in [2.24, 2.45) is 0 Å². The second-order valence-electron chi connectivity index (χ2n) is 7.38. The van der Waals surface area contributed by atoms with Crippen molar-refractivity contribution in [1.29, 1.82) is 0 Å². The first-order valence-corrected chi connectivity index (χ1v) is 9.95. The molecule has 1 aliphatic rings. The Kier molecular flexibility index (Phi) is 5.00. The molecule has 1 fully saturated rings. The first kappa shape index (κ1) is 18.5. The van der Waals surface area contributed by atoms with Crippen LogP contribution in [0.3, 0.4) is 0 Å². The summed E-state index contributed by atoms with van der Waals surface area (Å²) >= 11 is 0. The van der Waals surface area contributed by atoms with Gasteiger partial charge in [0.25, 0.3) is 5.91 Å². The van der Waals surface area contributed by atoms with Crippen molar-refractivity contribution in [3.05, 3.63) is 84.3 Å². The van der Waals surface area contributed by atoms with Crippen molar-refractivity contribution in [1.82, 2.24) is 30.7 Å². The Morgan fingerprint density at radius 2 is 1.97 bits per heavy atom. The highest BCUT2D eigenvalue weighted by atomic mass is 16.3. The number of hydrogen-bond donors (Lipinski definition) is 3. The van der Waals surface area contributed by atoms with E-state index in [4.69, 9.17) is 4.42 Å². The van der Waals surface area contributed by atoms with Gasteiger partial charge in [-0.2, -0.15) is 0 Å². The highest BCUT2D eigenvalue weighted by Crippen LogP contribution is 2.21. The van der Waals surface area contributed by atoms with E-state index in [0.717, 1.165) is 17.5 Å². The van der Waals surface area contributed by atoms with Gasteiger partial charge in [-0.25, -0.2) is 15.4 Å². The molecule has 0 saturated carbocycles. The molecule has 8 nitrogen and oxygen atoms in total. The molecule has 1 saturated heterocycles. The van der Waals surface area contributed by atoms with E-state index in [-0.39, 0.29) is 23.7 Å². The molecule has 5 rings (SSSR count). The van der Waals surface area contributed by atoms with Gasteiger partial charge in [0.05, 0.1) is 17.4 Å². The van der Waals surface area contributed by atoms with Gasteiger partial charge in [0.15, 0.2) is 5.69 Å². The molecule has 0 bridgehead atoms. The maximum Gasteiger partial charge on any atom is 0.273 e. The summed E-state index contributed by atoms with van der Waals surface area (Å²) in [4.78, 5) is 21.2. The van der Waals surface area contributed by atoms with Crippen LogP contribution in [0.15, 0.2) is 71.6 Å². The first-order valence-electron chi connectivity index (χ1n) is 9.95. The molecule has 8 heteroatoms. The minimum Gasteiger partial charge on any atom is -0.446 e. The molecule has 2 unspecified atom stereocenters. The lowest BCUT2D eigenvalue weighted by Crippen LogP contribution is -2.40. The molecule has 2 aromatic carbocycles. The third kappa shape index (κ3) is 3.83. The van der Waals surface area contributed by atoms with E-state index in [0.29, 0.717) is 19.0 Å². The van der Waals surface area contributed by atoms with Crippen LogP contribution >= 0.6 is 0 Å². The molecular weight excluding hydrogens is 380 g/mol. The molecule has 2 atom stereocenters. The number of hydrazine groups is 1. The number of carbonyl (C=O) groups excluding carboxylic acids is 1. The van der Waals surface area contributed by atoms with Crippen LogP contribution in [-0.2, 0) is 6.54 Å². The zero-order valence-corrected chi connectivity index (χ0v) is 16.3. The molecule has 3 heterocycles. The molecule has 0 aliphatic carbocycles. The Labute approximate surface area is 173 Å². The smallest absolute Gasteiger partial charge is 0.273 e. The molecule has 30 heavy (non-hydrogen) atoms. The number of nitrogens with one attached hydrogen (secondary N) is 3. The van der Waals surface area contributed by atoms with E-state index in [9.17, 15) is 4.79 Å². The lowest BCUT2D eigenvalue weighted by molar-refractivity contribution is 0.0945. The number of hydrogen-bond acceptors (Lipinski definition) is 6. The predicted molar refractivity (Wildman–Crippen MR) is 112 cm³/mol. The fraction of sp³-hybridized carbons (Fsp3) is 0.227. The SMILES string of the molecule is O=C(NCC1CC(c2ccccc2)NN1)c1coc(Cn2cnc3ccccc32)n1. The Balaban J connectivity index is 1.16. The van der Waals surface area contributed by atoms with Crippen LogP contribution in [0.25, 0.3) is 11.0 Å². The molecule has 1 aliphatic heterocycles. The molecule has 4 aromatic rings. The van der Waals surface area contributed by atoms with Gasteiger partial charge in [-0.15, -0.1) is 0 Å². The van der Waals surface area contributed by atoms with Gasteiger partial charge >= 0.3 is 0 Å². The van der Waals surface area contributed by atoms with E-state index < -0.39 is 0 Å². The number of nitrogens with zero attached hydrogens (tertiary/aromatic N) is 3. The molecule has 0 spiro atoms. The quantitative estimate of drug-likeness (QED) is 0.458. The second kappa shape index (κ2) is 8.10. The number of benzene rings is 2. The molecule has 152 valence electrons. The Morgan fingerprint density at radius 1 is 1.13 bits per heavy atom. The number of rotatable bonds is 6. The number of fused-ring (bicyclic) bond motifs is 1. The summed E-state index contributed by atoms with van der Waals surface area (Å²) < 4.78 is 7.45. The van der Waals surface area contributed by atoms with Crippen LogP contribution in [0.1, 0.15) is 34.4 Å². The summed E-state index contributed by atoms with van der Waals surface area (Å²) in [5.74, 6) is 0.221. The van der Waals surface area contributed by atoms with Crippen molar-refractivity contribution in [3.8, 4) is 0 Å². The average molecular weight is 402 g/mol. The van der Waals surface area contributed by atoms with Gasteiger partial charge in [0.2, 0.25) is 5.89 Å². The standard InChI is InChI=1S/C22H22N6O2/c29-22(23-11-16-10-18(27-26-16)15-6-2-1-3-7-15)19-13-30-21(25-19)12-28-14-24-17-8-4-5-9-20(17)28/h1-9,13-14,16,18,26-27H,10-12H2,(H,23,29). The molecule has 3 N–H and O–H groups in total. The normalized spacial score (nSPS) is 18.7. The molecule has 2 aromatic heterocycles. The van der Waals surface area contributed by atoms with Crippen molar-refractivity contribution in [2.45, 2.75) is 25.0 Å². The van der Waals surface area contributed by atoms with Gasteiger partial charge in [-0.1, -0.05) is 42.5 Å². The van der Waals surface area contributed by atoms with Crippen molar-refractivity contribution >= 4 is 16.9 Å². The summed E-state index contributed by atoms with van der Waals surface area (Å²) in [7, 11) is 0. The van der Waals surface area contributed by atoms with E-state index in [1.54, 1.807) is 6.33 Å². The van der Waals surface area contributed by atoms with Crippen LogP contribution in [0, 0.1) is 0 Å². The number of para-hydroxylation sites is 2. The van der Waals surface area contributed by atoms with Crippen molar-refractivity contribution in [2.75, 3.05) is 6.54 Å². The number of imidazole rings is 1. The predicted octanol–water partition coefficient (Wildman–Crippen LogP) is 2.41. The van der Waals surface area contributed by atoms with Crippen molar-refractivity contribution in [3.63, 3.8) is 0 Å². The maximum absolute atomic E-state index is 12.5. The van der Waals surface area contributed by atoms with E-state index >= 15 is 0 Å². The molecule has 0 radical (unpaired) electrons. The summed E-state index contributed by atoms with van der Waals surface area (Å²) in [5, 5.41) is 2.93.